The van der Waals surface area contributed by atoms with E-state index in [1.807, 2.05) is 30.3 Å². The third-order valence-corrected chi connectivity index (χ3v) is 3.61. The van der Waals surface area contributed by atoms with Gasteiger partial charge in [-0.15, -0.1) is 0 Å². The molecule has 0 N–H and O–H groups in total. The van der Waals surface area contributed by atoms with Crippen molar-refractivity contribution in [1.82, 2.24) is 0 Å². The minimum Gasteiger partial charge on any atom is -0.497 e. The maximum atomic E-state index is 5.82. The first-order valence-electron chi connectivity index (χ1n) is 6.35. The fourth-order valence-electron chi connectivity index (χ4n) is 1.83. The minimum absolute atomic E-state index is 0.436. The maximum absolute atomic E-state index is 5.82. The smallest absolute Gasteiger partial charge is 0.165 e. The van der Waals surface area contributed by atoms with E-state index in [0.717, 1.165) is 15.8 Å². The molecular formula is C16H17BrO4. The van der Waals surface area contributed by atoms with E-state index in [2.05, 4.69) is 15.9 Å². The van der Waals surface area contributed by atoms with Crippen molar-refractivity contribution in [2.45, 2.75) is 6.61 Å². The summed E-state index contributed by atoms with van der Waals surface area (Å²) in [6, 6.07) is 11.3. The van der Waals surface area contributed by atoms with Crippen LogP contribution in [0.15, 0.2) is 40.9 Å². The Kier molecular flexibility index (Phi) is 5.33. The Balaban J connectivity index is 2.14. The quantitative estimate of drug-likeness (QED) is 0.785. The Labute approximate surface area is 132 Å². The second kappa shape index (κ2) is 7.22. The molecule has 0 radical (unpaired) electrons. The average Bonchev–Trinajstić information content (AvgIpc) is 2.53. The first-order valence-corrected chi connectivity index (χ1v) is 7.14. The van der Waals surface area contributed by atoms with Crippen molar-refractivity contribution in [2.24, 2.45) is 0 Å². The van der Waals surface area contributed by atoms with E-state index in [4.69, 9.17) is 18.9 Å². The molecular weight excluding hydrogens is 336 g/mol. The molecule has 5 heteroatoms. The highest BCUT2D eigenvalue weighted by Crippen LogP contribution is 2.38. The van der Waals surface area contributed by atoms with Gasteiger partial charge < -0.3 is 18.9 Å². The van der Waals surface area contributed by atoms with Gasteiger partial charge in [0.15, 0.2) is 11.5 Å². The first-order chi connectivity index (χ1) is 10.2. The zero-order valence-electron chi connectivity index (χ0n) is 12.2. The SMILES string of the molecule is COc1ccc(COc2cc(OC)c(Br)cc2OC)cc1. The van der Waals surface area contributed by atoms with E-state index in [1.165, 1.54) is 0 Å². The third-order valence-electron chi connectivity index (χ3n) is 2.99. The lowest BCUT2D eigenvalue weighted by atomic mass is 10.2. The molecule has 0 saturated heterocycles. The number of methoxy groups -OCH3 is 3. The van der Waals surface area contributed by atoms with Gasteiger partial charge >= 0.3 is 0 Å². The molecule has 0 unspecified atom stereocenters. The van der Waals surface area contributed by atoms with E-state index in [-0.39, 0.29) is 0 Å². The summed E-state index contributed by atoms with van der Waals surface area (Å²) in [5.74, 6) is 2.80. The zero-order valence-corrected chi connectivity index (χ0v) is 13.8. The number of hydrogen-bond donors (Lipinski definition) is 0. The van der Waals surface area contributed by atoms with E-state index in [1.54, 1.807) is 27.4 Å². The molecule has 0 heterocycles. The highest BCUT2D eigenvalue weighted by Gasteiger charge is 2.11. The van der Waals surface area contributed by atoms with Crippen LogP contribution in [-0.2, 0) is 6.61 Å². The van der Waals surface area contributed by atoms with Crippen LogP contribution in [0, 0.1) is 0 Å². The Bertz CT molecular complexity index is 596. The van der Waals surface area contributed by atoms with Crippen molar-refractivity contribution in [1.29, 1.82) is 0 Å². The van der Waals surface area contributed by atoms with Crippen LogP contribution in [0.4, 0.5) is 0 Å². The summed E-state index contributed by atoms with van der Waals surface area (Å²) in [5, 5.41) is 0. The van der Waals surface area contributed by atoms with Gasteiger partial charge in [0.2, 0.25) is 0 Å². The fourth-order valence-corrected chi connectivity index (χ4v) is 2.31. The summed E-state index contributed by atoms with van der Waals surface area (Å²) >= 11 is 3.42. The lowest BCUT2D eigenvalue weighted by Gasteiger charge is -2.13. The average molecular weight is 353 g/mol. The molecule has 4 nitrogen and oxygen atoms in total. The Morgan fingerprint density at radius 3 is 2.05 bits per heavy atom. The number of rotatable bonds is 6. The molecule has 21 heavy (non-hydrogen) atoms. The van der Waals surface area contributed by atoms with Gasteiger partial charge in [-0.2, -0.15) is 0 Å². The molecule has 0 saturated carbocycles. The standard InChI is InChI=1S/C16H17BrO4/c1-18-12-6-4-11(5-7-12)10-21-16-9-14(19-2)13(17)8-15(16)20-3/h4-9H,10H2,1-3H3. The summed E-state index contributed by atoms with van der Waals surface area (Å²) < 4.78 is 22.4. The molecule has 2 aromatic carbocycles. The van der Waals surface area contributed by atoms with Crippen molar-refractivity contribution in [3.63, 3.8) is 0 Å². The number of hydrogen-bond acceptors (Lipinski definition) is 4. The van der Waals surface area contributed by atoms with Crippen molar-refractivity contribution in [2.75, 3.05) is 21.3 Å². The lowest BCUT2D eigenvalue weighted by molar-refractivity contribution is 0.281. The van der Waals surface area contributed by atoms with E-state index >= 15 is 0 Å². The van der Waals surface area contributed by atoms with E-state index in [0.29, 0.717) is 23.9 Å². The lowest BCUT2D eigenvalue weighted by Crippen LogP contribution is -1.99. The molecule has 0 atom stereocenters. The second-order valence-electron chi connectivity index (χ2n) is 4.27. The van der Waals surface area contributed by atoms with Gasteiger partial charge in [0.05, 0.1) is 25.8 Å². The van der Waals surface area contributed by atoms with Crippen LogP contribution in [0.1, 0.15) is 5.56 Å². The summed E-state index contributed by atoms with van der Waals surface area (Å²) in [6.45, 7) is 0.436. The third kappa shape index (κ3) is 3.82. The monoisotopic (exact) mass is 352 g/mol. The normalized spacial score (nSPS) is 10.1. The minimum atomic E-state index is 0.436. The van der Waals surface area contributed by atoms with E-state index in [9.17, 15) is 0 Å². The first kappa shape index (κ1) is 15.5. The molecule has 2 rings (SSSR count). The predicted molar refractivity (Wildman–Crippen MR) is 84.6 cm³/mol. The fraction of sp³-hybridized carbons (Fsp3) is 0.250. The predicted octanol–water partition coefficient (Wildman–Crippen LogP) is 4.05. The van der Waals surface area contributed by atoms with Crippen LogP contribution in [0.2, 0.25) is 0 Å². The number of ether oxygens (including phenoxy) is 4. The topological polar surface area (TPSA) is 36.9 Å². The van der Waals surface area contributed by atoms with Crippen LogP contribution in [0.3, 0.4) is 0 Å². The Morgan fingerprint density at radius 1 is 0.810 bits per heavy atom. The Hall–Kier alpha value is -1.88. The molecule has 0 fully saturated rings. The van der Waals surface area contributed by atoms with Crippen molar-refractivity contribution >= 4 is 15.9 Å². The summed E-state index contributed by atoms with van der Waals surface area (Å²) in [7, 11) is 4.86. The molecule has 112 valence electrons. The van der Waals surface area contributed by atoms with Gasteiger partial charge in [-0.25, -0.2) is 0 Å². The highest BCUT2D eigenvalue weighted by molar-refractivity contribution is 9.10. The van der Waals surface area contributed by atoms with Gasteiger partial charge in [-0.1, -0.05) is 12.1 Å². The molecule has 0 bridgehead atoms. The number of halogens is 1. The van der Waals surface area contributed by atoms with Crippen LogP contribution < -0.4 is 18.9 Å². The van der Waals surface area contributed by atoms with E-state index < -0.39 is 0 Å². The van der Waals surface area contributed by atoms with Crippen molar-refractivity contribution < 1.29 is 18.9 Å². The summed E-state index contributed by atoms with van der Waals surface area (Å²) in [5.41, 5.74) is 1.04. The molecule has 0 aliphatic heterocycles. The van der Waals surface area contributed by atoms with Crippen LogP contribution >= 0.6 is 15.9 Å². The summed E-state index contributed by atoms with van der Waals surface area (Å²) in [4.78, 5) is 0. The van der Waals surface area contributed by atoms with Gasteiger partial charge in [0, 0.05) is 12.1 Å². The maximum Gasteiger partial charge on any atom is 0.165 e. The van der Waals surface area contributed by atoms with Gasteiger partial charge in [0.25, 0.3) is 0 Å². The zero-order chi connectivity index (χ0) is 15.2. The number of benzene rings is 2. The molecule has 0 aliphatic rings. The van der Waals surface area contributed by atoms with Crippen LogP contribution in [0.5, 0.6) is 23.0 Å². The van der Waals surface area contributed by atoms with Gasteiger partial charge in [-0.05, 0) is 33.6 Å². The van der Waals surface area contributed by atoms with Gasteiger partial charge in [-0.3, -0.25) is 0 Å². The van der Waals surface area contributed by atoms with Gasteiger partial charge in [0.1, 0.15) is 18.1 Å². The molecule has 0 amide bonds. The van der Waals surface area contributed by atoms with Crippen LogP contribution in [0.25, 0.3) is 0 Å². The Morgan fingerprint density at radius 2 is 1.48 bits per heavy atom. The van der Waals surface area contributed by atoms with Crippen LogP contribution in [-0.4, -0.2) is 21.3 Å². The summed E-state index contributed by atoms with van der Waals surface area (Å²) in [6.07, 6.45) is 0. The molecule has 0 spiro atoms. The molecule has 0 aromatic heterocycles. The largest absolute Gasteiger partial charge is 0.497 e. The molecule has 2 aromatic rings. The van der Waals surface area contributed by atoms with Crippen molar-refractivity contribution in [3.05, 3.63) is 46.4 Å². The van der Waals surface area contributed by atoms with Crippen molar-refractivity contribution in [3.8, 4) is 23.0 Å². The molecule has 0 aliphatic carbocycles. The highest BCUT2D eigenvalue weighted by atomic mass is 79.9. The second-order valence-corrected chi connectivity index (χ2v) is 5.13.